The summed E-state index contributed by atoms with van der Waals surface area (Å²) in [4.78, 5) is 14.9. The van der Waals surface area contributed by atoms with Crippen LogP contribution in [0.1, 0.15) is 61.0 Å². The molecule has 26 heavy (non-hydrogen) atoms. The molecule has 0 bridgehead atoms. The highest BCUT2D eigenvalue weighted by molar-refractivity contribution is 5.97. The molecule has 1 aromatic rings. The van der Waals surface area contributed by atoms with Crippen molar-refractivity contribution in [1.82, 2.24) is 4.90 Å². The van der Waals surface area contributed by atoms with E-state index in [1.165, 1.54) is 43.4 Å². The number of ketones is 1. The Hall–Kier alpha value is -0.900. The second kappa shape index (κ2) is 9.87. The van der Waals surface area contributed by atoms with E-state index in [9.17, 15) is 4.79 Å². The zero-order valence-corrected chi connectivity index (χ0v) is 17.2. The lowest BCUT2D eigenvalue weighted by Crippen LogP contribution is -2.34. The van der Waals surface area contributed by atoms with E-state index in [4.69, 9.17) is 5.73 Å². The van der Waals surface area contributed by atoms with Gasteiger partial charge in [0.15, 0.2) is 5.78 Å². The van der Waals surface area contributed by atoms with Gasteiger partial charge in [-0.2, -0.15) is 0 Å². The van der Waals surface area contributed by atoms with Crippen LogP contribution in [0.2, 0.25) is 0 Å². The van der Waals surface area contributed by atoms with Crippen LogP contribution in [0.15, 0.2) is 18.2 Å². The molecule has 0 amide bonds. The highest BCUT2D eigenvalue weighted by Gasteiger charge is 2.23. The van der Waals surface area contributed by atoms with Crippen molar-refractivity contribution in [2.45, 2.75) is 52.4 Å². The Labute approximate surface area is 165 Å². The molecule has 1 aliphatic carbocycles. The van der Waals surface area contributed by atoms with Crippen molar-refractivity contribution in [2.24, 2.45) is 23.5 Å². The molecular weight excluding hydrogens is 344 g/mol. The predicted molar refractivity (Wildman–Crippen MR) is 111 cm³/mol. The van der Waals surface area contributed by atoms with E-state index < -0.39 is 0 Å². The van der Waals surface area contributed by atoms with Gasteiger partial charge in [-0.25, -0.2) is 0 Å². The maximum atomic E-state index is 12.3. The molecule has 0 spiro atoms. The van der Waals surface area contributed by atoms with Gasteiger partial charge in [0.05, 0.1) is 0 Å². The van der Waals surface area contributed by atoms with Gasteiger partial charge in [0.25, 0.3) is 0 Å². The van der Waals surface area contributed by atoms with Gasteiger partial charge in [0.1, 0.15) is 0 Å². The van der Waals surface area contributed by atoms with Gasteiger partial charge >= 0.3 is 0 Å². The summed E-state index contributed by atoms with van der Waals surface area (Å²) in [6.45, 7) is 8.35. The van der Waals surface area contributed by atoms with Gasteiger partial charge in [-0.3, -0.25) is 4.79 Å². The first-order valence-corrected chi connectivity index (χ1v) is 10.1. The van der Waals surface area contributed by atoms with Crippen LogP contribution < -0.4 is 5.73 Å². The minimum Gasteiger partial charge on any atom is -0.330 e. The maximum absolute atomic E-state index is 12.3. The fourth-order valence-corrected chi connectivity index (χ4v) is 4.46. The Morgan fingerprint density at radius 2 is 1.69 bits per heavy atom. The predicted octanol–water partition coefficient (Wildman–Crippen LogP) is 4.11. The molecule has 0 saturated heterocycles. The van der Waals surface area contributed by atoms with Crippen LogP contribution in [0.3, 0.4) is 0 Å². The van der Waals surface area contributed by atoms with Gasteiger partial charge in [0, 0.05) is 31.1 Å². The second-order valence-corrected chi connectivity index (χ2v) is 8.43. The lowest BCUT2D eigenvalue weighted by molar-refractivity contribution is 0.0939. The summed E-state index contributed by atoms with van der Waals surface area (Å²) in [5.74, 6) is 1.95. The zero-order valence-electron chi connectivity index (χ0n) is 16.4. The first kappa shape index (κ1) is 21.4. The largest absolute Gasteiger partial charge is 0.330 e. The topological polar surface area (TPSA) is 46.3 Å². The van der Waals surface area contributed by atoms with E-state index >= 15 is 0 Å². The molecule has 3 nitrogen and oxygen atoms in total. The van der Waals surface area contributed by atoms with Crippen molar-refractivity contribution in [2.75, 3.05) is 26.2 Å². The minimum atomic E-state index is 0. The Kier molecular flexibility index (Phi) is 8.12. The van der Waals surface area contributed by atoms with E-state index in [-0.39, 0.29) is 24.1 Å². The summed E-state index contributed by atoms with van der Waals surface area (Å²) < 4.78 is 0. The molecular formula is C22H35ClN2O. The highest BCUT2D eigenvalue weighted by atomic mass is 35.5. The van der Waals surface area contributed by atoms with Gasteiger partial charge in [-0.1, -0.05) is 26.0 Å². The number of carbonyl (C=O) groups is 1. The number of Topliss-reactive ketones (excluding diaryl/α,β-unsaturated/α-hetero) is 1. The monoisotopic (exact) mass is 378 g/mol. The van der Waals surface area contributed by atoms with Gasteiger partial charge in [-0.05, 0) is 74.1 Å². The first-order valence-electron chi connectivity index (χ1n) is 10.1. The molecule has 1 fully saturated rings. The Morgan fingerprint density at radius 3 is 2.31 bits per heavy atom. The summed E-state index contributed by atoms with van der Waals surface area (Å²) >= 11 is 0. The normalized spacial score (nSPS) is 23.8. The number of nitrogens with zero attached hydrogens (tertiary/aromatic N) is 1. The third kappa shape index (κ3) is 5.31. The van der Waals surface area contributed by atoms with Crippen LogP contribution in [0.5, 0.6) is 0 Å². The smallest absolute Gasteiger partial charge is 0.165 e. The van der Waals surface area contributed by atoms with Crippen molar-refractivity contribution in [3.05, 3.63) is 34.9 Å². The van der Waals surface area contributed by atoms with Crippen LogP contribution in [-0.2, 0) is 12.8 Å². The van der Waals surface area contributed by atoms with E-state index in [0.717, 1.165) is 49.9 Å². The molecule has 0 atom stereocenters. The fourth-order valence-electron chi connectivity index (χ4n) is 4.46. The molecule has 0 radical (unpaired) electrons. The Bertz CT molecular complexity index is 594. The quantitative estimate of drug-likeness (QED) is 0.784. The summed E-state index contributed by atoms with van der Waals surface area (Å²) in [6, 6.07) is 6.39. The third-order valence-electron chi connectivity index (χ3n) is 6.23. The number of hydrogen-bond acceptors (Lipinski definition) is 3. The lowest BCUT2D eigenvalue weighted by atomic mass is 9.82. The van der Waals surface area contributed by atoms with Crippen molar-refractivity contribution in [3.63, 3.8) is 0 Å². The minimum absolute atomic E-state index is 0. The number of carbonyl (C=O) groups excluding carboxylic acids is 1. The molecule has 2 aliphatic rings. The molecule has 1 aliphatic heterocycles. The van der Waals surface area contributed by atoms with Crippen molar-refractivity contribution in [1.29, 1.82) is 0 Å². The fraction of sp³-hybridized carbons (Fsp3) is 0.682. The molecule has 1 saturated carbocycles. The molecule has 3 rings (SSSR count). The molecule has 0 unspecified atom stereocenters. The Balaban J connectivity index is 0.00000243. The number of benzene rings is 1. The van der Waals surface area contributed by atoms with E-state index in [2.05, 4.69) is 17.0 Å². The van der Waals surface area contributed by atoms with Crippen LogP contribution in [0.25, 0.3) is 0 Å². The van der Waals surface area contributed by atoms with E-state index in [1.54, 1.807) is 0 Å². The van der Waals surface area contributed by atoms with E-state index in [1.807, 2.05) is 19.9 Å². The molecule has 2 N–H and O–H groups in total. The lowest BCUT2D eigenvalue weighted by Gasteiger charge is -2.31. The molecule has 1 heterocycles. The summed E-state index contributed by atoms with van der Waals surface area (Å²) in [6.07, 6.45) is 7.51. The average molecular weight is 379 g/mol. The first-order chi connectivity index (χ1) is 12.1. The van der Waals surface area contributed by atoms with Crippen molar-refractivity contribution in [3.8, 4) is 0 Å². The third-order valence-corrected chi connectivity index (χ3v) is 6.23. The molecule has 1 aromatic carbocycles. The highest BCUT2D eigenvalue weighted by Crippen LogP contribution is 2.29. The molecule has 4 heteroatoms. The van der Waals surface area contributed by atoms with Crippen molar-refractivity contribution < 1.29 is 4.79 Å². The number of nitrogens with two attached hydrogens (primary N) is 1. The van der Waals surface area contributed by atoms with Crippen LogP contribution in [0, 0.1) is 17.8 Å². The number of halogens is 1. The summed E-state index contributed by atoms with van der Waals surface area (Å²) in [5, 5.41) is 0. The number of fused-ring (bicyclic) bond motifs is 1. The SMILES string of the molecule is CC(C)C(=O)c1ccc2c(c1)CCN(CC1CCC(CN)CC1)CC2.Cl. The average Bonchev–Trinajstić information content (AvgIpc) is 2.83. The van der Waals surface area contributed by atoms with Gasteiger partial charge in [-0.15, -0.1) is 12.4 Å². The summed E-state index contributed by atoms with van der Waals surface area (Å²) in [7, 11) is 0. The van der Waals surface area contributed by atoms with Crippen LogP contribution >= 0.6 is 12.4 Å². The van der Waals surface area contributed by atoms with Crippen molar-refractivity contribution >= 4 is 18.2 Å². The standard InChI is InChI=1S/C22H34N2O.ClH/c1-16(2)22(25)21-8-7-19-9-11-24(12-10-20(19)13-21)15-18-5-3-17(14-23)4-6-18;/h7-8,13,16-18H,3-6,9-12,14-15,23H2,1-2H3;1H. The number of rotatable bonds is 5. The molecule has 0 aromatic heterocycles. The number of hydrogen-bond donors (Lipinski definition) is 1. The van der Waals surface area contributed by atoms with Gasteiger partial charge < -0.3 is 10.6 Å². The van der Waals surface area contributed by atoms with E-state index in [0.29, 0.717) is 0 Å². The molecule has 146 valence electrons. The zero-order chi connectivity index (χ0) is 17.8. The summed E-state index contributed by atoms with van der Waals surface area (Å²) in [5.41, 5.74) is 9.54. The van der Waals surface area contributed by atoms with Crippen LogP contribution in [0.4, 0.5) is 0 Å². The second-order valence-electron chi connectivity index (χ2n) is 8.43. The maximum Gasteiger partial charge on any atom is 0.165 e. The van der Waals surface area contributed by atoms with Crippen LogP contribution in [-0.4, -0.2) is 36.9 Å². The van der Waals surface area contributed by atoms with Gasteiger partial charge in [0.2, 0.25) is 0 Å². The Morgan fingerprint density at radius 1 is 1.08 bits per heavy atom.